The maximum Gasteiger partial charge on any atom is 0.269 e. The van der Waals surface area contributed by atoms with Crippen molar-refractivity contribution >= 4 is 28.1 Å². The number of amides is 1. The molecule has 0 saturated heterocycles. The maximum absolute atomic E-state index is 12.1. The minimum absolute atomic E-state index is 0.000425. The van der Waals surface area contributed by atoms with Crippen molar-refractivity contribution in [2.24, 2.45) is 0 Å². The molecule has 2 aromatic carbocycles. The lowest BCUT2D eigenvalue weighted by Crippen LogP contribution is -2.14. The van der Waals surface area contributed by atoms with Crippen molar-refractivity contribution in [3.05, 3.63) is 80.8 Å². The first-order valence-electron chi connectivity index (χ1n) is 8.42. The highest BCUT2D eigenvalue weighted by atomic mass is 32.1. The molecule has 27 heavy (non-hydrogen) atoms. The van der Waals surface area contributed by atoms with Crippen LogP contribution in [0, 0.1) is 10.1 Å². The fourth-order valence-corrected chi connectivity index (χ4v) is 3.52. The number of carbonyl (C=O) groups excluding carboxylic acids is 1. The SMILES string of the molecule is CC(Cc1nnc(NC(=O)Cc2ccc([N+](=O)[O-])cc2)s1)c1ccccc1. The molecule has 1 heterocycles. The molecule has 0 bridgehead atoms. The van der Waals surface area contributed by atoms with E-state index in [0.717, 1.165) is 11.4 Å². The lowest BCUT2D eigenvalue weighted by Gasteiger charge is -2.08. The van der Waals surface area contributed by atoms with Crippen LogP contribution >= 0.6 is 11.3 Å². The molecule has 0 aliphatic rings. The molecule has 0 aliphatic heterocycles. The van der Waals surface area contributed by atoms with Gasteiger partial charge in [-0.05, 0) is 17.0 Å². The average Bonchev–Trinajstić information content (AvgIpc) is 3.09. The number of hydrogen-bond acceptors (Lipinski definition) is 6. The largest absolute Gasteiger partial charge is 0.300 e. The third kappa shape index (κ3) is 5.18. The van der Waals surface area contributed by atoms with Crippen LogP contribution in [0.1, 0.15) is 29.0 Å². The van der Waals surface area contributed by atoms with Gasteiger partial charge in [0.1, 0.15) is 5.01 Å². The number of nitrogens with one attached hydrogen (secondary N) is 1. The van der Waals surface area contributed by atoms with E-state index in [1.807, 2.05) is 18.2 Å². The molecule has 7 nitrogen and oxygen atoms in total. The molecule has 138 valence electrons. The zero-order valence-electron chi connectivity index (χ0n) is 14.7. The first-order valence-corrected chi connectivity index (χ1v) is 9.23. The second-order valence-corrected chi connectivity index (χ2v) is 7.23. The van der Waals surface area contributed by atoms with E-state index in [1.54, 1.807) is 12.1 Å². The van der Waals surface area contributed by atoms with Gasteiger partial charge in [0.25, 0.3) is 5.69 Å². The number of nitrogens with zero attached hydrogens (tertiary/aromatic N) is 3. The number of carbonyl (C=O) groups is 1. The Kier molecular flexibility index (Phi) is 5.87. The van der Waals surface area contributed by atoms with Crippen LogP contribution in [0.4, 0.5) is 10.8 Å². The van der Waals surface area contributed by atoms with E-state index in [4.69, 9.17) is 0 Å². The molecule has 0 spiro atoms. The van der Waals surface area contributed by atoms with Crippen LogP contribution in [0.3, 0.4) is 0 Å². The van der Waals surface area contributed by atoms with Crippen molar-refractivity contribution in [3.8, 4) is 0 Å². The zero-order valence-corrected chi connectivity index (χ0v) is 15.5. The van der Waals surface area contributed by atoms with Gasteiger partial charge in [0, 0.05) is 18.6 Å². The summed E-state index contributed by atoms with van der Waals surface area (Å²) < 4.78 is 0. The average molecular weight is 382 g/mol. The molecule has 0 radical (unpaired) electrons. The predicted octanol–water partition coefficient (Wildman–Crippen LogP) is 3.97. The maximum atomic E-state index is 12.1. The number of benzene rings is 2. The van der Waals surface area contributed by atoms with Gasteiger partial charge in [-0.3, -0.25) is 14.9 Å². The van der Waals surface area contributed by atoms with Gasteiger partial charge in [0.05, 0.1) is 11.3 Å². The lowest BCUT2D eigenvalue weighted by atomic mass is 9.98. The van der Waals surface area contributed by atoms with Gasteiger partial charge in [-0.25, -0.2) is 0 Å². The molecule has 0 fully saturated rings. The Morgan fingerprint density at radius 3 is 2.52 bits per heavy atom. The lowest BCUT2D eigenvalue weighted by molar-refractivity contribution is -0.384. The summed E-state index contributed by atoms with van der Waals surface area (Å²) in [5.74, 6) is 0.0745. The van der Waals surface area contributed by atoms with Gasteiger partial charge >= 0.3 is 0 Å². The highest BCUT2D eigenvalue weighted by Crippen LogP contribution is 2.24. The van der Waals surface area contributed by atoms with Gasteiger partial charge in [-0.2, -0.15) is 0 Å². The Labute approximate surface area is 160 Å². The predicted molar refractivity (Wildman–Crippen MR) is 104 cm³/mol. The van der Waals surface area contributed by atoms with E-state index >= 15 is 0 Å². The second kappa shape index (κ2) is 8.50. The summed E-state index contributed by atoms with van der Waals surface area (Å²) in [5, 5.41) is 22.9. The van der Waals surface area contributed by atoms with Gasteiger partial charge < -0.3 is 5.32 Å². The Morgan fingerprint density at radius 2 is 1.85 bits per heavy atom. The number of nitro benzene ring substituents is 1. The number of rotatable bonds is 7. The molecule has 0 saturated carbocycles. The van der Waals surface area contributed by atoms with Crippen LogP contribution in [0.5, 0.6) is 0 Å². The van der Waals surface area contributed by atoms with Gasteiger partial charge in [0.2, 0.25) is 11.0 Å². The monoisotopic (exact) mass is 382 g/mol. The van der Waals surface area contributed by atoms with Crippen LogP contribution in [0.25, 0.3) is 0 Å². The molecular formula is C19H18N4O3S. The number of aromatic nitrogens is 2. The minimum Gasteiger partial charge on any atom is -0.300 e. The molecule has 1 unspecified atom stereocenters. The molecule has 0 aliphatic carbocycles. The van der Waals surface area contributed by atoms with Crippen LogP contribution in [-0.2, 0) is 17.6 Å². The Morgan fingerprint density at radius 1 is 1.15 bits per heavy atom. The summed E-state index contributed by atoms with van der Waals surface area (Å²) in [6, 6.07) is 16.1. The summed E-state index contributed by atoms with van der Waals surface area (Å²) >= 11 is 1.36. The van der Waals surface area contributed by atoms with E-state index in [2.05, 4.69) is 34.6 Å². The number of hydrogen-bond donors (Lipinski definition) is 1. The second-order valence-electron chi connectivity index (χ2n) is 6.17. The van der Waals surface area contributed by atoms with Crippen LogP contribution < -0.4 is 5.32 Å². The van der Waals surface area contributed by atoms with E-state index in [9.17, 15) is 14.9 Å². The Balaban J connectivity index is 1.55. The van der Waals surface area contributed by atoms with Crippen LogP contribution in [-0.4, -0.2) is 21.0 Å². The standard InChI is InChI=1S/C19H18N4O3S/c1-13(15-5-3-2-4-6-15)11-18-21-22-19(27-18)20-17(24)12-14-7-9-16(10-8-14)23(25)26/h2-10,13H,11-12H2,1H3,(H,20,22,24). The van der Waals surface area contributed by atoms with Crippen molar-refractivity contribution in [2.75, 3.05) is 5.32 Å². The topological polar surface area (TPSA) is 98.0 Å². The van der Waals surface area contributed by atoms with E-state index in [-0.39, 0.29) is 18.0 Å². The molecule has 3 aromatic rings. The molecule has 3 rings (SSSR count). The number of non-ortho nitro benzene ring substituents is 1. The molecule has 1 aromatic heterocycles. The van der Waals surface area contributed by atoms with E-state index < -0.39 is 4.92 Å². The van der Waals surface area contributed by atoms with Crippen molar-refractivity contribution in [2.45, 2.75) is 25.7 Å². The van der Waals surface area contributed by atoms with E-state index in [0.29, 0.717) is 16.6 Å². The van der Waals surface area contributed by atoms with Crippen molar-refractivity contribution in [1.29, 1.82) is 0 Å². The van der Waals surface area contributed by atoms with Gasteiger partial charge in [-0.15, -0.1) is 10.2 Å². The van der Waals surface area contributed by atoms with Crippen molar-refractivity contribution in [3.63, 3.8) is 0 Å². The van der Waals surface area contributed by atoms with Gasteiger partial charge in [0.15, 0.2) is 0 Å². The summed E-state index contributed by atoms with van der Waals surface area (Å²) in [5.41, 5.74) is 1.93. The third-order valence-corrected chi connectivity index (χ3v) is 4.94. The first kappa shape index (κ1) is 18.7. The van der Waals surface area contributed by atoms with E-state index in [1.165, 1.54) is 29.0 Å². The fourth-order valence-electron chi connectivity index (χ4n) is 2.63. The third-order valence-electron chi connectivity index (χ3n) is 4.07. The smallest absolute Gasteiger partial charge is 0.269 e. The molecular weight excluding hydrogens is 364 g/mol. The number of anilines is 1. The number of nitro groups is 1. The first-order chi connectivity index (χ1) is 13.0. The van der Waals surface area contributed by atoms with Gasteiger partial charge in [-0.1, -0.05) is 60.7 Å². The minimum atomic E-state index is -0.469. The molecule has 1 amide bonds. The summed E-state index contributed by atoms with van der Waals surface area (Å²) in [4.78, 5) is 22.3. The molecule has 1 atom stereocenters. The fraction of sp³-hybridized carbons (Fsp3) is 0.211. The Bertz CT molecular complexity index is 926. The zero-order chi connectivity index (χ0) is 19.2. The molecule has 8 heteroatoms. The van der Waals surface area contributed by atoms with Crippen molar-refractivity contribution in [1.82, 2.24) is 10.2 Å². The summed E-state index contributed by atoms with van der Waals surface area (Å²) in [6.45, 7) is 2.13. The summed E-state index contributed by atoms with van der Waals surface area (Å²) in [6.07, 6.45) is 0.868. The Hall–Kier alpha value is -3.13. The quantitative estimate of drug-likeness (QED) is 0.492. The van der Waals surface area contributed by atoms with Crippen molar-refractivity contribution < 1.29 is 9.72 Å². The van der Waals surface area contributed by atoms with Crippen LogP contribution in [0.15, 0.2) is 54.6 Å². The highest BCUT2D eigenvalue weighted by molar-refractivity contribution is 7.15. The summed E-state index contributed by atoms with van der Waals surface area (Å²) in [7, 11) is 0. The molecule has 1 N–H and O–H groups in total. The highest BCUT2D eigenvalue weighted by Gasteiger charge is 2.13. The van der Waals surface area contributed by atoms with Crippen LogP contribution in [0.2, 0.25) is 0 Å². The normalized spacial score (nSPS) is 11.7.